The maximum Gasteiger partial charge on any atom is 0.272 e. The van der Waals surface area contributed by atoms with Crippen LogP contribution in [0.15, 0.2) is 35.0 Å². The molecule has 0 bridgehead atoms. The number of pyridine rings is 2. The third-order valence-corrected chi connectivity index (χ3v) is 4.88. The molecule has 0 aromatic carbocycles. The zero-order valence-corrected chi connectivity index (χ0v) is 15.1. The lowest BCUT2D eigenvalue weighted by Crippen LogP contribution is -2.36. The third kappa shape index (κ3) is 3.01. The first-order chi connectivity index (χ1) is 12.7. The molecule has 6 nitrogen and oxygen atoms in total. The van der Waals surface area contributed by atoms with Crippen LogP contribution in [0, 0.1) is 0 Å². The van der Waals surface area contributed by atoms with E-state index in [1.807, 2.05) is 4.90 Å². The van der Waals surface area contributed by atoms with Crippen molar-refractivity contribution in [3.63, 3.8) is 0 Å². The van der Waals surface area contributed by atoms with Gasteiger partial charge in [0.1, 0.15) is 22.7 Å². The number of nitrogens with zero attached hydrogens (tertiary/aromatic N) is 3. The third-order valence-electron chi connectivity index (χ3n) is 4.58. The number of piperidine rings is 1. The molecule has 4 rings (SSSR count). The predicted molar refractivity (Wildman–Crippen MR) is 98.6 cm³/mol. The maximum atomic E-state index is 12.7. The lowest BCUT2D eigenvalue weighted by atomic mass is 10.1. The van der Waals surface area contributed by atoms with Crippen molar-refractivity contribution in [3.8, 4) is 17.1 Å². The minimum Gasteiger partial charge on any atom is -0.496 e. The topological polar surface area (TPSA) is 68.5 Å². The summed E-state index contributed by atoms with van der Waals surface area (Å²) in [5.74, 6) is 1.00. The van der Waals surface area contributed by atoms with Crippen molar-refractivity contribution < 1.29 is 13.9 Å². The van der Waals surface area contributed by atoms with Gasteiger partial charge in [0.25, 0.3) is 5.91 Å². The number of methoxy groups -OCH3 is 1. The number of amides is 1. The maximum absolute atomic E-state index is 12.7. The molecular formula is C19H18ClN3O3. The van der Waals surface area contributed by atoms with Crippen LogP contribution in [0.1, 0.15) is 29.8 Å². The monoisotopic (exact) mass is 371 g/mol. The van der Waals surface area contributed by atoms with Crippen LogP contribution >= 0.6 is 11.6 Å². The summed E-state index contributed by atoms with van der Waals surface area (Å²) < 4.78 is 11.3. The van der Waals surface area contributed by atoms with Crippen LogP contribution in [0.25, 0.3) is 22.4 Å². The van der Waals surface area contributed by atoms with Crippen molar-refractivity contribution in [1.82, 2.24) is 14.9 Å². The van der Waals surface area contributed by atoms with E-state index in [1.54, 1.807) is 37.7 Å². The Morgan fingerprint density at radius 2 is 2.04 bits per heavy atom. The Balaban J connectivity index is 1.70. The standard InChI is InChI=1S/C19H18ClN3O3/c1-25-16-10-15(19(24)23-7-3-2-4-8-23)22-11-12(16)17-9-14-18(26-17)13(20)5-6-21-14/h5-6,9-11H,2-4,7-8H2,1H3. The molecule has 1 aliphatic heterocycles. The van der Waals surface area contributed by atoms with Gasteiger partial charge in [-0.15, -0.1) is 0 Å². The fourth-order valence-corrected chi connectivity index (χ4v) is 3.40. The van der Waals surface area contributed by atoms with E-state index in [9.17, 15) is 4.79 Å². The smallest absolute Gasteiger partial charge is 0.272 e. The second-order valence-corrected chi connectivity index (χ2v) is 6.65. The van der Waals surface area contributed by atoms with Gasteiger partial charge in [-0.2, -0.15) is 0 Å². The molecule has 0 saturated carbocycles. The molecule has 7 heteroatoms. The predicted octanol–water partition coefficient (Wildman–Crippen LogP) is 4.18. The van der Waals surface area contributed by atoms with E-state index in [1.165, 1.54) is 6.42 Å². The fourth-order valence-electron chi connectivity index (χ4n) is 3.21. The molecule has 134 valence electrons. The summed E-state index contributed by atoms with van der Waals surface area (Å²) >= 11 is 6.15. The van der Waals surface area contributed by atoms with Crippen LogP contribution < -0.4 is 4.74 Å². The zero-order valence-electron chi connectivity index (χ0n) is 14.4. The van der Waals surface area contributed by atoms with Gasteiger partial charge < -0.3 is 14.1 Å². The van der Waals surface area contributed by atoms with Gasteiger partial charge in [-0.3, -0.25) is 14.8 Å². The molecule has 1 aliphatic rings. The molecule has 1 amide bonds. The van der Waals surface area contributed by atoms with Crippen molar-refractivity contribution in [2.45, 2.75) is 19.3 Å². The Kier molecular flexibility index (Phi) is 4.51. The lowest BCUT2D eigenvalue weighted by Gasteiger charge is -2.26. The summed E-state index contributed by atoms with van der Waals surface area (Å²) in [6.45, 7) is 1.55. The van der Waals surface area contributed by atoms with E-state index < -0.39 is 0 Å². The molecule has 1 fully saturated rings. The fraction of sp³-hybridized carbons (Fsp3) is 0.316. The second-order valence-electron chi connectivity index (χ2n) is 6.24. The minimum atomic E-state index is -0.0659. The first-order valence-electron chi connectivity index (χ1n) is 8.55. The van der Waals surface area contributed by atoms with Gasteiger partial charge in [0.05, 0.1) is 17.7 Å². The van der Waals surface area contributed by atoms with Crippen molar-refractivity contribution in [2.24, 2.45) is 0 Å². The van der Waals surface area contributed by atoms with Crippen LogP contribution in [0.4, 0.5) is 0 Å². The molecule has 3 aromatic heterocycles. The number of rotatable bonds is 3. The molecule has 0 atom stereocenters. The van der Waals surface area contributed by atoms with E-state index in [4.69, 9.17) is 20.8 Å². The average Bonchev–Trinajstić information content (AvgIpc) is 3.13. The van der Waals surface area contributed by atoms with Gasteiger partial charge in [0, 0.05) is 37.6 Å². The van der Waals surface area contributed by atoms with Gasteiger partial charge >= 0.3 is 0 Å². The Morgan fingerprint density at radius 3 is 2.77 bits per heavy atom. The van der Waals surface area contributed by atoms with Gasteiger partial charge in [0.15, 0.2) is 5.58 Å². The number of hydrogen-bond acceptors (Lipinski definition) is 5. The van der Waals surface area contributed by atoms with E-state index in [-0.39, 0.29) is 5.91 Å². The Hall–Kier alpha value is -2.60. The van der Waals surface area contributed by atoms with Gasteiger partial charge in [-0.25, -0.2) is 0 Å². The molecule has 3 aromatic rings. The lowest BCUT2D eigenvalue weighted by molar-refractivity contribution is 0.0718. The van der Waals surface area contributed by atoms with Crippen molar-refractivity contribution >= 4 is 28.6 Å². The first kappa shape index (κ1) is 16.8. The Labute approximate surface area is 155 Å². The van der Waals surface area contributed by atoms with Gasteiger partial charge in [0.2, 0.25) is 0 Å². The Morgan fingerprint density at radius 1 is 1.23 bits per heavy atom. The number of carbonyl (C=O) groups is 1. The number of carbonyl (C=O) groups excluding carboxylic acids is 1. The van der Waals surface area contributed by atoms with Crippen LogP contribution in [0.2, 0.25) is 5.02 Å². The molecule has 4 heterocycles. The van der Waals surface area contributed by atoms with E-state index in [2.05, 4.69) is 9.97 Å². The van der Waals surface area contributed by atoms with Crippen LogP contribution in [0.5, 0.6) is 5.75 Å². The van der Waals surface area contributed by atoms with Crippen molar-refractivity contribution in [2.75, 3.05) is 20.2 Å². The molecule has 0 unspecified atom stereocenters. The summed E-state index contributed by atoms with van der Waals surface area (Å²) in [4.78, 5) is 23.1. The Bertz CT molecular complexity index is 964. The molecule has 0 aliphatic carbocycles. The molecule has 0 radical (unpaired) electrons. The molecule has 26 heavy (non-hydrogen) atoms. The molecule has 1 saturated heterocycles. The van der Waals surface area contributed by atoms with Crippen LogP contribution in [-0.4, -0.2) is 41.0 Å². The summed E-state index contributed by atoms with van der Waals surface area (Å²) in [5, 5.41) is 0.491. The number of aromatic nitrogens is 2. The van der Waals surface area contributed by atoms with Crippen LogP contribution in [-0.2, 0) is 0 Å². The van der Waals surface area contributed by atoms with E-state index in [0.717, 1.165) is 25.9 Å². The zero-order chi connectivity index (χ0) is 18.1. The number of likely N-dealkylation sites (tertiary alicyclic amines) is 1. The van der Waals surface area contributed by atoms with Crippen molar-refractivity contribution in [1.29, 1.82) is 0 Å². The van der Waals surface area contributed by atoms with E-state index >= 15 is 0 Å². The highest BCUT2D eigenvalue weighted by Gasteiger charge is 2.22. The first-order valence-corrected chi connectivity index (χ1v) is 8.93. The number of hydrogen-bond donors (Lipinski definition) is 0. The number of fused-ring (bicyclic) bond motifs is 1. The minimum absolute atomic E-state index is 0.0659. The average molecular weight is 372 g/mol. The van der Waals surface area contributed by atoms with Crippen molar-refractivity contribution in [3.05, 3.63) is 41.3 Å². The quantitative estimate of drug-likeness (QED) is 0.690. The molecule has 0 spiro atoms. The highest BCUT2D eigenvalue weighted by atomic mass is 35.5. The van der Waals surface area contributed by atoms with E-state index in [0.29, 0.717) is 38.9 Å². The number of ether oxygens (including phenoxy) is 1. The SMILES string of the molecule is COc1cc(C(=O)N2CCCCC2)ncc1-c1cc2nccc(Cl)c2o1. The number of halogens is 1. The van der Waals surface area contributed by atoms with Gasteiger partial charge in [-0.05, 0) is 25.3 Å². The molecular weight excluding hydrogens is 354 g/mol. The normalized spacial score (nSPS) is 14.6. The summed E-state index contributed by atoms with van der Waals surface area (Å²) in [6, 6.07) is 5.12. The number of furan rings is 1. The highest BCUT2D eigenvalue weighted by Crippen LogP contribution is 2.35. The summed E-state index contributed by atoms with van der Waals surface area (Å²) in [7, 11) is 1.56. The largest absolute Gasteiger partial charge is 0.496 e. The summed E-state index contributed by atoms with van der Waals surface area (Å²) in [5.41, 5.74) is 2.19. The molecule has 0 N–H and O–H groups in total. The second kappa shape index (κ2) is 6.96. The van der Waals surface area contributed by atoms with Gasteiger partial charge in [-0.1, -0.05) is 11.6 Å². The summed E-state index contributed by atoms with van der Waals surface area (Å²) in [6.07, 6.45) is 6.46. The highest BCUT2D eigenvalue weighted by molar-refractivity contribution is 6.34. The van der Waals surface area contributed by atoms with Crippen LogP contribution in [0.3, 0.4) is 0 Å².